The average Bonchev–Trinajstić information content (AvgIpc) is 2.79. The molecule has 23 heavy (non-hydrogen) atoms. The summed E-state index contributed by atoms with van der Waals surface area (Å²) in [7, 11) is -3.69. The van der Waals surface area contributed by atoms with E-state index in [4.69, 9.17) is 11.6 Å². The number of aromatic nitrogens is 1. The van der Waals surface area contributed by atoms with E-state index in [2.05, 4.69) is 4.98 Å². The smallest absolute Gasteiger partial charge is 0.251 e. The lowest BCUT2D eigenvalue weighted by atomic mass is 10.2. The molecule has 0 atom stereocenters. The van der Waals surface area contributed by atoms with E-state index >= 15 is 0 Å². The van der Waals surface area contributed by atoms with Crippen molar-refractivity contribution in [1.82, 2.24) is 4.98 Å². The molecular weight excluding hydrogens is 334 g/mol. The van der Waals surface area contributed by atoms with Gasteiger partial charge in [-0.15, -0.1) is 11.6 Å². The highest BCUT2D eigenvalue weighted by molar-refractivity contribution is 7.95. The third kappa shape index (κ3) is 2.77. The Morgan fingerprint density at radius 2 is 1.87 bits per heavy atom. The van der Waals surface area contributed by atoms with Gasteiger partial charge < -0.3 is 0 Å². The van der Waals surface area contributed by atoms with Gasteiger partial charge in [-0.1, -0.05) is 25.1 Å². The molecule has 1 aromatic heterocycles. The van der Waals surface area contributed by atoms with Crippen molar-refractivity contribution in [2.45, 2.75) is 19.8 Å². The molecule has 0 spiro atoms. The Morgan fingerprint density at radius 1 is 1.13 bits per heavy atom. The minimum Gasteiger partial charge on any atom is -0.251 e. The molecule has 0 saturated heterocycles. The molecule has 0 unspecified atom stereocenters. The highest BCUT2D eigenvalue weighted by Gasteiger charge is 2.41. The fraction of sp³-hybridized carbons (Fsp3) is 0.312. The minimum atomic E-state index is -3.69. The van der Waals surface area contributed by atoms with Crippen LogP contribution in [0.25, 0.3) is 0 Å². The van der Waals surface area contributed by atoms with Crippen molar-refractivity contribution in [1.29, 1.82) is 0 Å². The van der Waals surface area contributed by atoms with Gasteiger partial charge >= 0.3 is 10.2 Å². The van der Waals surface area contributed by atoms with E-state index in [1.54, 1.807) is 18.3 Å². The maximum Gasteiger partial charge on any atom is 0.332 e. The maximum absolute atomic E-state index is 13.0. The van der Waals surface area contributed by atoms with Crippen molar-refractivity contribution in [2.75, 3.05) is 21.0 Å². The molecule has 3 rings (SSSR count). The standard InChI is InChI=1S/C16H18ClN3O2S/c1-2-13-8-9-16(18-12-13)20-15-7-4-3-6-14(15)19(11-5-10-17)23(20,21)22/h3-4,6-9,12H,2,5,10-11H2,1H3. The predicted molar refractivity (Wildman–Crippen MR) is 93.8 cm³/mol. The molecule has 2 heterocycles. The molecule has 0 aliphatic carbocycles. The van der Waals surface area contributed by atoms with Crippen LogP contribution in [0.15, 0.2) is 42.6 Å². The van der Waals surface area contributed by atoms with Gasteiger partial charge in [-0.2, -0.15) is 8.42 Å². The van der Waals surface area contributed by atoms with Gasteiger partial charge in [0.25, 0.3) is 0 Å². The number of anilines is 3. The zero-order valence-electron chi connectivity index (χ0n) is 12.8. The molecule has 1 aliphatic heterocycles. The number of hydrogen-bond donors (Lipinski definition) is 0. The number of alkyl halides is 1. The average molecular weight is 352 g/mol. The molecule has 1 aromatic carbocycles. The summed E-state index contributed by atoms with van der Waals surface area (Å²) in [4.78, 5) is 4.33. The van der Waals surface area contributed by atoms with Gasteiger partial charge in [0.2, 0.25) is 0 Å². The summed E-state index contributed by atoms with van der Waals surface area (Å²) in [5, 5.41) is 0. The number of para-hydroxylation sites is 2. The van der Waals surface area contributed by atoms with Crippen molar-refractivity contribution in [3.05, 3.63) is 48.2 Å². The Labute approximate surface area is 141 Å². The second-order valence-electron chi connectivity index (χ2n) is 5.25. The summed E-state index contributed by atoms with van der Waals surface area (Å²) in [6.45, 7) is 2.39. The Balaban J connectivity index is 2.08. The van der Waals surface area contributed by atoms with Gasteiger partial charge in [0.1, 0.15) is 5.82 Å². The normalized spacial score (nSPS) is 15.7. The lowest BCUT2D eigenvalue weighted by Gasteiger charge is -2.20. The summed E-state index contributed by atoms with van der Waals surface area (Å²) >= 11 is 5.74. The van der Waals surface area contributed by atoms with E-state index < -0.39 is 10.2 Å². The van der Waals surface area contributed by atoms with E-state index in [0.717, 1.165) is 12.0 Å². The summed E-state index contributed by atoms with van der Waals surface area (Å²) in [6, 6.07) is 10.9. The van der Waals surface area contributed by atoms with Gasteiger partial charge in [0.15, 0.2) is 0 Å². The molecule has 5 nitrogen and oxygen atoms in total. The van der Waals surface area contributed by atoms with Gasteiger partial charge in [-0.05, 0) is 36.6 Å². The van der Waals surface area contributed by atoms with Crippen LogP contribution in [0, 0.1) is 0 Å². The number of rotatable bonds is 5. The van der Waals surface area contributed by atoms with E-state index in [-0.39, 0.29) is 0 Å². The van der Waals surface area contributed by atoms with Gasteiger partial charge in [0.05, 0.1) is 11.4 Å². The van der Waals surface area contributed by atoms with Gasteiger partial charge in [-0.25, -0.2) is 9.29 Å². The SMILES string of the molecule is CCc1ccc(N2c3ccccc3N(CCCCl)S2(=O)=O)nc1. The fourth-order valence-corrected chi connectivity index (χ4v) is 4.45. The molecule has 2 aromatic rings. The van der Waals surface area contributed by atoms with Crippen LogP contribution in [-0.4, -0.2) is 25.8 Å². The van der Waals surface area contributed by atoms with Crippen LogP contribution in [0.1, 0.15) is 18.9 Å². The van der Waals surface area contributed by atoms with Crippen LogP contribution >= 0.6 is 11.6 Å². The maximum atomic E-state index is 13.0. The van der Waals surface area contributed by atoms with Crippen LogP contribution in [0.5, 0.6) is 0 Å². The van der Waals surface area contributed by atoms with Crippen LogP contribution < -0.4 is 8.61 Å². The van der Waals surface area contributed by atoms with Crippen molar-refractivity contribution in [3.63, 3.8) is 0 Å². The number of benzene rings is 1. The fourth-order valence-electron chi connectivity index (χ4n) is 2.62. The Hall–Kier alpha value is -1.79. The van der Waals surface area contributed by atoms with Crippen LogP contribution in [0.2, 0.25) is 0 Å². The Bertz CT molecular complexity index is 793. The van der Waals surface area contributed by atoms with E-state index in [1.165, 1.54) is 8.61 Å². The lowest BCUT2D eigenvalue weighted by Crippen LogP contribution is -2.36. The molecule has 0 bridgehead atoms. The van der Waals surface area contributed by atoms with E-state index in [1.807, 2.05) is 31.2 Å². The molecule has 0 radical (unpaired) electrons. The van der Waals surface area contributed by atoms with Crippen LogP contribution in [-0.2, 0) is 16.6 Å². The van der Waals surface area contributed by atoms with Crippen LogP contribution in [0.3, 0.4) is 0 Å². The second kappa shape index (κ2) is 6.37. The number of aryl methyl sites for hydroxylation is 1. The summed E-state index contributed by atoms with van der Waals surface area (Å²) < 4.78 is 28.7. The van der Waals surface area contributed by atoms with Crippen molar-refractivity contribution in [2.24, 2.45) is 0 Å². The Kier molecular flexibility index (Phi) is 4.46. The third-order valence-corrected chi connectivity index (χ3v) is 5.85. The number of hydrogen-bond acceptors (Lipinski definition) is 3. The first-order chi connectivity index (χ1) is 11.1. The molecule has 0 amide bonds. The quantitative estimate of drug-likeness (QED) is 0.775. The highest BCUT2D eigenvalue weighted by Crippen LogP contribution is 2.44. The largest absolute Gasteiger partial charge is 0.332 e. The molecule has 7 heteroatoms. The first kappa shape index (κ1) is 16.1. The molecule has 0 N–H and O–H groups in total. The highest BCUT2D eigenvalue weighted by atomic mass is 35.5. The first-order valence-electron chi connectivity index (χ1n) is 7.52. The number of fused-ring (bicyclic) bond motifs is 1. The summed E-state index contributed by atoms with van der Waals surface area (Å²) in [5.74, 6) is 0.820. The topological polar surface area (TPSA) is 53.5 Å². The third-order valence-electron chi connectivity index (χ3n) is 3.80. The molecule has 122 valence electrons. The summed E-state index contributed by atoms with van der Waals surface area (Å²) in [6.07, 6.45) is 3.17. The molecule has 0 fully saturated rings. The number of pyridine rings is 1. The molecule has 1 aliphatic rings. The van der Waals surface area contributed by atoms with Crippen molar-refractivity contribution < 1.29 is 8.42 Å². The van der Waals surface area contributed by atoms with Gasteiger partial charge in [0, 0.05) is 18.6 Å². The van der Waals surface area contributed by atoms with E-state index in [9.17, 15) is 8.42 Å². The Morgan fingerprint density at radius 3 is 2.48 bits per heavy atom. The van der Waals surface area contributed by atoms with Gasteiger partial charge in [-0.3, -0.25) is 4.31 Å². The van der Waals surface area contributed by atoms with Crippen molar-refractivity contribution >= 4 is 39.0 Å². The summed E-state index contributed by atoms with van der Waals surface area (Å²) in [5.41, 5.74) is 2.36. The van der Waals surface area contributed by atoms with Crippen molar-refractivity contribution in [3.8, 4) is 0 Å². The monoisotopic (exact) mass is 351 g/mol. The zero-order chi connectivity index (χ0) is 16.4. The number of nitrogens with zero attached hydrogens (tertiary/aromatic N) is 3. The molecule has 0 saturated carbocycles. The minimum absolute atomic E-state index is 0.354. The van der Waals surface area contributed by atoms with Crippen LogP contribution in [0.4, 0.5) is 17.2 Å². The molecular formula is C16H18ClN3O2S. The number of halogens is 1. The zero-order valence-corrected chi connectivity index (χ0v) is 14.4. The second-order valence-corrected chi connectivity index (χ2v) is 7.33. The van der Waals surface area contributed by atoms with E-state index in [0.29, 0.717) is 36.0 Å². The first-order valence-corrected chi connectivity index (χ1v) is 9.45. The lowest BCUT2D eigenvalue weighted by molar-refractivity contribution is 0.593. The predicted octanol–water partition coefficient (Wildman–Crippen LogP) is 3.48.